The Balaban J connectivity index is 2.60. The standard InChI is InChI=1S/C14H17NO5S/c1-19-12(16)9-21-8-11(14(18)20-2)15-13(17)10-6-4-3-5-7-10/h3-7,11H,8-9H2,1-2H3,(H,15,17). The van der Waals surface area contributed by atoms with Gasteiger partial charge in [0.15, 0.2) is 0 Å². The van der Waals surface area contributed by atoms with Crippen LogP contribution in [0.25, 0.3) is 0 Å². The highest BCUT2D eigenvalue weighted by molar-refractivity contribution is 8.00. The fourth-order valence-electron chi connectivity index (χ4n) is 1.46. The van der Waals surface area contributed by atoms with Gasteiger partial charge in [-0.15, -0.1) is 11.8 Å². The van der Waals surface area contributed by atoms with E-state index in [0.29, 0.717) is 5.56 Å². The predicted molar refractivity (Wildman–Crippen MR) is 79.1 cm³/mol. The van der Waals surface area contributed by atoms with Gasteiger partial charge in [0.05, 0.1) is 20.0 Å². The number of rotatable bonds is 7. The molecular weight excluding hydrogens is 294 g/mol. The van der Waals surface area contributed by atoms with Crippen LogP contribution in [0.2, 0.25) is 0 Å². The number of methoxy groups -OCH3 is 2. The van der Waals surface area contributed by atoms with Crippen molar-refractivity contribution in [2.75, 3.05) is 25.7 Å². The van der Waals surface area contributed by atoms with E-state index >= 15 is 0 Å². The monoisotopic (exact) mass is 311 g/mol. The fraction of sp³-hybridized carbons (Fsp3) is 0.357. The first-order valence-electron chi connectivity index (χ1n) is 6.16. The molecule has 0 saturated heterocycles. The Labute approximate surface area is 127 Å². The van der Waals surface area contributed by atoms with E-state index in [0.717, 1.165) is 0 Å². The highest BCUT2D eigenvalue weighted by atomic mass is 32.2. The summed E-state index contributed by atoms with van der Waals surface area (Å²) >= 11 is 1.18. The summed E-state index contributed by atoms with van der Waals surface area (Å²) in [5.41, 5.74) is 0.448. The molecule has 1 atom stereocenters. The lowest BCUT2D eigenvalue weighted by Gasteiger charge is -2.16. The van der Waals surface area contributed by atoms with Crippen LogP contribution in [0, 0.1) is 0 Å². The summed E-state index contributed by atoms with van der Waals surface area (Å²) in [6.45, 7) is 0. The molecule has 0 aromatic heterocycles. The highest BCUT2D eigenvalue weighted by Gasteiger charge is 2.22. The van der Waals surface area contributed by atoms with Crippen LogP contribution in [0.4, 0.5) is 0 Å². The molecule has 0 fully saturated rings. The summed E-state index contributed by atoms with van der Waals surface area (Å²) in [6.07, 6.45) is 0. The Kier molecular flexibility index (Phi) is 7.31. The van der Waals surface area contributed by atoms with Crippen molar-refractivity contribution in [1.82, 2.24) is 5.32 Å². The average Bonchev–Trinajstić information content (AvgIpc) is 2.53. The lowest BCUT2D eigenvalue weighted by Crippen LogP contribution is -2.43. The number of hydrogen-bond donors (Lipinski definition) is 1. The third-order valence-electron chi connectivity index (χ3n) is 2.56. The van der Waals surface area contributed by atoms with Gasteiger partial charge in [0.25, 0.3) is 5.91 Å². The van der Waals surface area contributed by atoms with Crippen LogP contribution in [0.1, 0.15) is 10.4 Å². The molecule has 0 aliphatic carbocycles. The number of nitrogens with one attached hydrogen (secondary N) is 1. The summed E-state index contributed by atoms with van der Waals surface area (Å²) in [7, 11) is 2.53. The van der Waals surface area contributed by atoms with Crippen molar-refractivity contribution in [3.8, 4) is 0 Å². The van der Waals surface area contributed by atoms with Gasteiger partial charge in [0, 0.05) is 11.3 Å². The van der Waals surface area contributed by atoms with Crippen molar-refractivity contribution >= 4 is 29.6 Å². The van der Waals surface area contributed by atoms with Crippen molar-refractivity contribution in [1.29, 1.82) is 0 Å². The summed E-state index contributed by atoms with van der Waals surface area (Å²) in [6, 6.07) is 7.72. The first kappa shape index (κ1) is 17.0. The first-order valence-corrected chi connectivity index (χ1v) is 7.32. The minimum atomic E-state index is -0.822. The third kappa shape index (κ3) is 5.86. The molecule has 114 valence electrons. The molecule has 0 aliphatic rings. The second kappa shape index (κ2) is 9.02. The first-order chi connectivity index (χ1) is 10.1. The molecule has 6 nitrogen and oxygen atoms in total. The normalized spacial score (nSPS) is 11.3. The number of hydrogen-bond acceptors (Lipinski definition) is 6. The molecule has 0 spiro atoms. The molecule has 1 rings (SSSR count). The van der Waals surface area contributed by atoms with Crippen molar-refractivity contribution < 1.29 is 23.9 Å². The predicted octanol–water partition coefficient (Wildman–Crippen LogP) is 0.864. The lowest BCUT2D eigenvalue weighted by molar-refractivity contribution is -0.142. The van der Waals surface area contributed by atoms with Crippen molar-refractivity contribution in [3.05, 3.63) is 35.9 Å². The molecule has 1 aromatic carbocycles. The maximum absolute atomic E-state index is 12.0. The van der Waals surface area contributed by atoms with Gasteiger partial charge in [-0.05, 0) is 12.1 Å². The number of ether oxygens (including phenoxy) is 2. The van der Waals surface area contributed by atoms with Crippen molar-refractivity contribution in [3.63, 3.8) is 0 Å². The van der Waals surface area contributed by atoms with Gasteiger partial charge in [-0.3, -0.25) is 9.59 Å². The third-order valence-corrected chi connectivity index (χ3v) is 3.57. The van der Waals surface area contributed by atoms with E-state index in [1.165, 1.54) is 26.0 Å². The summed E-state index contributed by atoms with van der Waals surface area (Å²) in [5, 5.41) is 2.59. The number of esters is 2. The van der Waals surface area contributed by atoms with Crippen LogP contribution in [-0.4, -0.2) is 49.6 Å². The lowest BCUT2D eigenvalue weighted by atomic mass is 10.2. The van der Waals surface area contributed by atoms with E-state index < -0.39 is 18.0 Å². The second-order valence-electron chi connectivity index (χ2n) is 4.01. The molecule has 7 heteroatoms. The maximum Gasteiger partial charge on any atom is 0.329 e. The largest absolute Gasteiger partial charge is 0.468 e. The number of amides is 1. The summed E-state index contributed by atoms with van der Waals surface area (Å²) < 4.78 is 9.16. The number of carbonyl (C=O) groups excluding carboxylic acids is 3. The van der Waals surface area contributed by atoms with Gasteiger partial charge in [-0.25, -0.2) is 4.79 Å². The van der Waals surface area contributed by atoms with Crippen LogP contribution in [-0.2, 0) is 19.1 Å². The molecule has 1 aromatic rings. The maximum atomic E-state index is 12.0. The van der Waals surface area contributed by atoms with Gasteiger partial charge in [0.1, 0.15) is 6.04 Å². The fourth-order valence-corrected chi connectivity index (χ4v) is 2.32. The molecule has 21 heavy (non-hydrogen) atoms. The topological polar surface area (TPSA) is 81.7 Å². The zero-order valence-corrected chi connectivity index (χ0v) is 12.6. The molecular formula is C14H17NO5S. The zero-order valence-electron chi connectivity index (χ0n) is 11.8. The van der Waals surface area contributed by atoms with Crippen LogP contribution < -0.4 is 5.32 Å². The van der Waals surface area contributed by atoms with E-state index in [9.17, 15) is 14.4 Å². The van der Waals surface area contributed by atoms with Crippen molar-refractivity contribution in [2.24, 2.45) is 0 Å². The molecule has 0 aliphatic heterocycles. The second-order valence-corrected chi connectivity index (χ2v) is 5.04. The minimum Gasteiger partial charge on any atom is -0.468 e. The quantitative estimate of drug-likeness (QED) is 0.752. The Hall–Kier alpha value is -2.02. The van der Waals surface area contributed by atoms with Crippen molar-refractivity contribution in [2.45, 2.75) is 6.04 Å². The molecule has 0 radical (unpaired) electrons. The van der Waals surface area contributed by atoms with E-state index in [1.54, 1.807) is 30.3 Å². The number of thioether (sulfide) groups is 1. The Bertz CT molecular complexity index is 491. The van der Waals surface area contributed by atoms with Gasteiger partial charge in [-0.2, -0.15) is 0 Å². The van der Waals surface area contributed by atoms with Crippen LogP contribution in [0.5, 0.6) is 0 Å². The Morgan fingerprint density at radius 3 is 2.38 bits per heavy atom. The number of benzene rings is 1. The zero-order chi connectivity index (χ0) is 15.7. The molecule has 0 bridgehead atoms. The molecule has 1 amide bonds. The molecule has 0 saturated carbocycles. The van der Waals surface area contributed by atoms with E-state index in [4.69, 9.17) is 0 Å². The Morgan fingerprint density at radius 1 is 1.14 bits per heavy atom. The van der Waals surface area contributed by atoms with Gasteiger partial charge < -0.3 is 14.8 Å². The molecule has 1 unspecified atom stereocenters. The molecule has 1 N–H and O–H groups in total. The average molecular weight is 311 g/mol. The van der Waals surface area contributed by atoms with Gasteiger partial charge in [0.2, 0.25) is 0 Å². The van der Waals surface area contributed by atoms with Gasteiger partial charge in [-0.1, -0.05) is 18.2 Å². The van der Waals surface area contributed by atoms with E-state index in [-0.39, 0.29) is 17.4 Å². The van der Waals surface area contributed by atoms with Crippen LogP contribution in [0.15, 0.2) is 30.3 Å². The minimum absolute atomic E-state index is 0.102. The molecule has 0 heterocycles. The summed E-state index contributed by atoms with van der Waals surface area (Å²) in [4.78, 5) is 34.7. The van der Waals surface area contributed by atoms with Crippen LogP contribution in [0.3, 0.4) is 0 Å². The SMILES string of the molecule is COC(=O)CSCC(NC(=O)c1ccccc1)C(=O)OC. The van der Waals surface area contributed by atoms with Gasteiger partial charge >= 0.3 is 11.9 Å². The number of carbonyl (C=O) groups is 3. The Morgan fingerprint density at radius 2 is 1.81 bits per heavy atom. The van der Waals surface area contributed by atoms with E-state index in [2.05, 4.69) is 14.8 Å². The van der Waals surface area contributed by atoms with E-state index in [1.807, 2.05) is 0 Å². The van der Waals surface area contributed by atoms with Crippen LogP contribution >= 0.6 is 11.8 Å². The smallest absolute Gasteiger partial charge is 0.329 e. The summed E-state index contributed by atoms with van der Waals surface area (Å²) in [5.74, 6) is -0.995. The highest BCUT2D eigenvalue weighted by Crippen LogP contribution is 2.07.